The average Bonchev–Trinajstić information content (AvgIpc) is 2.97. The lowest BCUT2D eigenvalue weighted by Gasteiger charge is -2.36. The van der Waals surface area contributed by atoms with Gasteiger partial charge in [-0.15, -0.1) is 0 Å². The van der Waals surface area contributed by atoms with Crippen molar-refractivity contribution < 1.29 is 19.1 Å². The minimum atomic E-state index is -0.849. The van der Waals surface area contributed by atoms with Gasteiger partial charge >= 0.3 is 5.97 Å². The molecule has 1 aromatic heterocycles. The number of amides is 1. The lowest BCUT2D eigenvalue weighted by molar-refractivity contribution is -0.157. The van der Waals surface area contributed by atoms with E-state index in [0.29, 0.717) is 19.4 Å². The molecule has 1 amide bonds. The van der Waals surface area contributed by atoms with Gasteiger partial charge in [-0.1, -0.05) is 0 Å². The van der Waals surface area contributed by atoms with Crippen molar-refractivity contribution in [1.29, 1.82) is 0 Å². The number of furan rings is 1. The third kappa shape index (κ3) is 2.03. The fraction of sp³-hybridized carbons (Fsp3) is 0.571. The van der Waals surface area contributed by atoms with Crippen molar-refractivity contribution in [3.8, 4) is 0 Å². The Morgan fingerprint density at radius 1 is 1.26 bits per heavy atom. The first kappa shape index (κ1) is 12.3. The second-order valence-electron chi connectivity index (χ2n) is 5.33. The molecule has 2 fully saturated rings. The number of likely N-dealkylation sites (tertiary alicyclic amines) is 1. The van der Waals surface area contributed by atoms with Crippen LogP contribution in [0.2, 0.25) is 0 Å². The molecule has 2 aliphatic rings. The molecule has 102 valence electrons. The summed E-state index contributed by atoms with van der Waals surface area (Å²) >= 11 is 0. The number of hydrogen-bond acceptors (Lipinski definition) is 3. The van der Waals surface area contributed by atoms with Crippen LogP contribution in [0.3, 0.4) is 0 Å². The molecule has 0 radical (unpaired) electrons. The van der Waals surface area contributed by atoms with Gasteiger partial charge in [0.25, 0.3) is 0 Å². The number of carbonyl (C=O) groups is 2. The van der Waals surface area contributed by atoms with Crippen molar-refractivity contribution in [2.45, 2.75) is 31.7 Å². The van der Waals surface area contributed by atoms with Crippen molar-refractivity contribution in [1.82, 2.24) is 4.90 Å². The molecule has 1 aromatic rings. The number of hydrogen-bond donors (Lipinski definition) is 1. The Bertz CT molecular complexity index is 482. The number of nitrogens with zero attached hydrogens (tertiary/aromatic N) is 1. The molecule has 19 heavy (non-hydrogen) atoms. The van der Waals surface area contributed by atoms with Crippen molar-refractivity contribution in [2.24, 2.45) is 11.8 Å². The summed E-state index contributed by atoms with van der Waals surface area (Å²) in [4.78, 5) is 25.3. The highest BCUT2D eigenvalue weighted by Gasteiger charge is 2.45. The number of rotatable bonds is 3. The molecule has 3 unspecified atom stereocenters. The Kier molecular flexibility index (Phi) is 3.05. The van der Waals surface area contributed by atoms with Crippen LogP contribution in [-0.2, 0) is 9.59 Å². The molecule has 5 heteroatoms. The van der Waals surface area contributed by atoms with E-state index < -0.39 is 11.9 Å². The molecule has 1 N–H and O–H groups in total. The monoisotopic (exact) mass is 263 g/mol. The molecule has 3 atom stereocenters. The molecular weight excluding hydrogens is 246 g/mol. The molecule has 2 heterocycles. The predicted molar refractivity (Wildman–Crippen MR) is 66.2 cm³/mol. The maximum absolute atomic E-state index is 12.5. The Labute approximate surface area is 111 Å². The first-order valence-corrected chi connectivity index (χ1v) is 6.75. The molecule has 1 aliphatic heterocycles. The van der Waals surface area contributed by atoms with Crippen LogP contribution in [0, 0.1) is 11.8 Å². The maximum atomic E-state index is 12.5. The summed E-state index contributed by atoms with van der Waals surface area (Å²) in [5.41, 5.74) is 0. The van der Waals surface area contributed by atoms with E-state index in [1.807, 2.05) is 12.1 Å². The normalized spacial score (nSPS) is 30.1. The highest BCUT2D eigenvalue weighted by atomic mass is 16.4. The summed E-state index contributed by atoms with van der Waals surface area (Å²) in [6, 6.07) is 3.68. The highest BCUT2D eigenvalue weighted by molar-refractivity contribution is 5.86. The first-order valence-electron chi connectivity index (χ1n) is 6.75. The van der Waals surface area contributed by atoms with Crippen LogP contribution >= 0.6 is 0 Å². The minimum Gasteiger partial charge on any atom is -0.481 e. The Morgan fingerprint density at radius 2 is 2.05 bits per heavy atom. The number of carboxylic acid groups (broad SMARTS) is 1. The van der Waals surface area contributed by atoms with Gasteiger partial charge in [-0.2, -0.15) is 0 Å². The van der Waals surface area contributed by atoms with Crippen LogP contribution in [0.25, 0.3) is 0 Å². The van der Waals surface area contributed by atoms with Gasteiger partial charge in [0.15, 0.2) is 0 Å². The van der Waals surface area contributed by atoms with Gasteiger partial charge in [-0.25, -0.2) is 0 Å². The molecule has 0 aromatic carbocycles. The quantitative estimate of drug-likeness (QED) is 0.906. The van der Waals surface area contributed by atoms with Gasteiger partial charge in [0, 0.05) is 6.54 Å². The van der Waals surface area contributed by atoms with Gasteiger partial charge in [0.05, 0.1) is 24.1 Å². The van der Waals surface area contributed by atoms with Crippen molar-refractivity contribution in [3.05, 3.63) is 24.2 Å². The van der Waals surface area contributed by atoms with Crippen LogP contribution in [0.4, 0.5) is 0 Å². The Hall–Kier alpha value is -1.78. The van der Waals surface area contributed by atoms with Gasteiger partial charge in [-0.05, 0) is 37.8 Å². The third-order valence-electron chi connectivity index (χ3n) is 4.32. The lowest BCUT2D eigenvalue weighted by atomic mass is 9.73. The maximum Gasteiger partial charge on any atom is 0.307 e. The summed E-state index contributed by atoms with van der Waals surface area (Å²) < 4.78 is 5.39. The lowest BCUT2D eigenvalue weighted by Crippen LogP contribution is -2.45. The van der Waals surface area contributed by atoms with Crippen molar-refractivity contribution >= 4 is 11.9 Å². The third-order valence-corrected chi connectivity index (χ3v) is 4.32. The van der Waals surface area contributed by atoms with Gasteiger partial charge in [-0.3, -0.25) is 9.59 Å². The molecule has 1 aliphatic carbocycles. The smallest absolute Gasteiger partial charge is 0.307 e. The summed E-state index contributed by atoms with van der Waals surface area (Å²) in [6.45, 7) is 0.701. The standard InChI is InChI=1S/C14H17NO4/c16-13(9-5-6-10(9)14(17)18)15-7-1-3-11(15)12-4-2-8-19-12/h2,4,8-11H,1,3,5-7H2,(H,17,18). The van der Waals surface area contributed by atoms with E-state index in [-0.39, 0.29) is 17.9 Å². The fourth-order valence-electron chi connectivity index (χ4n) is 3.11. The SMILES string of the molecule is O=C(O)C1CCC1C(=O)N1CCCC1c1ccco1. The second-order valence-corrected chi connectivity index (χ2v) is 5.33. The second kappa shape index (κ2) is 4.72. The Morgan fingerprint density at radius 3 is 2.63 bits per heavy atom. The van der Waals surface area contributed by atoms with E-state index in [9.17, 15) is 9.59 Å². The van der Waals surface area contributed by atoms with Gasteiger partial charge in [0.1, 0.15) is 5.76 Å². The van der Waals surface area contributed by atoms with E-state index in [1.165, 1.54) is 0 Å². The largest absolute Gasteiger partial charge is 0.481 e. The van der Waals surface area contributed by atoms with E-state index in [1.54, 1.807) is 11.2 Å². The number of carbonyl (C=O) groups excluding carboxylic acids is 1. The average molecular weight is 263 g/mol. The minimum absolute atomic E-state index is 0.0162. The molecule has 5 nitrogen and oxygen atoms in total. The zero-order valence-electron chi connectivity index (χ0n) is 10.6. The van der Waals surface area contributed by atoms with Crippen LogP contribution in [0.1, 0.15) is 37.5 Å². The molecular formula is C14H17NO4. The zero-order valence-corrected chi connectivity index (χ0v) is 10.6. The van der Waals surface area contributed by atoms with E-state index >= 15 is 0 Å². The van der Waals surface area contributed by atoms with Crippen LogP contribution in [0.5, 0.6) is 0 Å². The molecule has 1 saturated carbocycles. The van der Waals surface area contributed by atoms with Gasteiger partial charge < -0.3 is 14.4 Å². The highest BCUT2D eigenvalue weighted by Crippen LogP contribution is 2.40. The van der Waals surface area contributed by atoms with Gasteiger partial charge in [0.2, 0.25) is 5.91 Å². The summed E-state index contributed by atoms with van der Waals surface area (Å²) in [7, 11) is 0. The summed E-state index contributed by atoms with van der Waals surface area (Å²) in [5, 5.41) is 9.06. The van der Waals surface area contributed by atoms with E-state index in [0.717, 1.165) is 18.6 Å². The predicted octanol–water partition coefficient (Wildman–Crippen LogP) is 2.05. The van der Waals surface area contributed by atoms with Crippen LogP contribution < -0.4 is 0 Å². The number of aliphatic carboxylic acids is 1. The van der Waals surface area contributed by atoms with Crippen molar-refractivity contribution in [3.63, 3.8) is 0 Å². The first-order chi connectivity index (χ1) is 9.18. The summed E-state index contributed by atoms with van der Waals surface area (Å²) in [6.07, 6.45) is 4.76. The Balaban J connectivity index is 1.74. The molecule has 0 spiro atoms. The van der Waals surface area contributed by atoms with E-state index in [2.05, 4.69) is 0 Å². The fourth-order valence-corrected chi connectivity index (χ4v) is 3.11. The summed E-state index contributed by atoms with van der Waals surface area (Å²) in [5.74, 6) is -0.897. The van der Waals surface area contributed by atoms with Crippen LogP contribution in [-0.4, -0.2) is 28.4 Å². The molecule has 0 bridgehead atoms. The van der Waals surface area contributed by atoms with E-state index in [4.69, 9.17) is 9.52 Å². The van der Waals surface area contributed by atoms with Crippen molar-refractivity contribution in [2.75, 3.05) is 6.54 Å². The topological polar surface area (TPSA) is 70.8 Å². The molecule has 1 saturated heterocycles. The van der Waals surface area contributed by atoms with Crippen LogP contribution in [0.15, 0.2) is 22.8 Å². The number of carboxylic acids is 1. The zero-order chi connectivity index (χ0) is 13.4. The molecule has 3 rings (SSSR count).